The maximum Gasteiger partial charge on any atom is 0.509 e. The van der Waals surface area contributed by atoms with Gasteiger partial charge in [-0.2, -0.15) is 0 Å². The molecule has 0 aromatic heterocycles. The highest BCUT2D eigenvalue weighted by molar-refractivity contribution is 7.99. The van der Waals surface area contributed by atoms with E-state index < -0.39 is 60.1 Å². The predicted molar refractivity (Wildman–Crippen MR) is 158 cm³/mol. The number of carbonyl (C=O) groups excluding carboxylic acids is 2. The summed E-state index contributed by atoms with van der Waals surface area (Å²) in [6, 6.07) is 9.57. The number of unbranched alkanes of at least 4 members (excludes halogenated alkanes) is 5. The second-order valence-corrected chi connectivity index (χ2v) is 12.5. The highest BCUT2D eigenvalue weighted by Crippen LogP contribution is 2.35. The van der Waals surface area contributed by atoms with E-state index in [2.05, 4.69) is 6.92 Å². The lowest BCUT2D eigenvalue weighted by atomic mass is 9.99. The molecule has 1 aromatic rings. The second-order valence-electron chi connectivity index (χ2n) is 11.3. The van der Waals surface area contributed by atoms with Crippen LogP contribution in [0.3, 0.4) is 0 Å². The third kappa shape index (κ3) is 13.3. The fraction of sp³-hybridized carbons (Fsp3) is 0.742. The van der Waals surface area contributed by atoms with Gasteiger partial charge in [-0.15, -0.1) is 11.8 Å². The minimum Gasteiger partial charge on any atom is -0.456 e. The number of ether oxygens (including phenoxy) is 6. The summed E-state index contributed by atoms with van der Waals surface area (Å²) in [4.78, 5) is 25.6. The van der Waals surface area contributed by atoms with Gasteiger partial charge in [-0.25, -0.2) is 4.79 Å². The Labute approximate surface area is 251 Å². The molecule has 9 nitrogen and oxygen atoms in total. The summed E-state index contributed by atoms with van der Waals surface area (Å²) < 4.78 is 42.7. The molecule has 0 amide bonds. The van der Waals surface area contributed by atoms with Crippen LogP contribution in [0.5, 0.6) is 0 Å². The molecular formula is C31H50O9S. The lowest BCUT2D eigenvalue weighted by molar-refractivity contribution is -0.253. The van der Waals surface area contributed by atoms with Crippen molar-refractivity contribution in [2.45, 2.75) is 122 Å². The van der Waals surface area contributed by atoms with E-state index >= 15 is 0 Å². The van der Waals surface area contributed by atoms with Crippen LogP contribution in [0.2, 0.25) is 0 Å². The van der Waals surface area contributed by atoms with Crippen LogP contribution < -0.4 is 0 Å². The van der Waals surface area contributed by atoms with Crippen LogP contribution in [0.15, 0.2) is 30.3 Å². The normalized spacial score (nSPS) is 23.9. The van der Waals surface area contributed by atoms with Crippen LogP contribution in [0.25, 0.3) is 0 Å². The van der Waals surface area contributed by atoms with Gasteiger partial charge in [0.2, 0.25) is 0 Å². The SMILES string of the molecule is [2H]CC(C)C(=O)O[C@H]1[C@H](OCOCc2ccccc2)[C@@H](OC(=O)OC(C)(C)C)C(SCCCCCCCC)O[C@@H]1CO. The summed E-state index contributed by atoms with van der Waals surface area (Å²) in [6.07, 6.45) is 1.73. The lowest BCUT2D eigenvalue weighted by Gasteiger charge is -2.44. The van der Waals surface area contributed by atoms with Crippen molar-refractivity contribution in [1.82, 2.24) is 0 Å². The van der Waals surface area contributed by atoms with Crippen LogP contribution in [0.4, 0.5) is 4.79 Å². The minimum absolute atomic E-state index is 0.170. The number of rotatable bonds is 17. The molecule has 0 bridgehead atoms. The number of thioether (sulfide) groups is 1. The molecule has 0 radical (unpaired) electrons. The van der Waals surface area contributed by atoms with Gasteiger partial charge >= 0.3 is 12.1 Å². The highest BCUT2D eigenvalue weighted by Gasteiger charge is 2.51. The Hall–Kier alpha value is -1.85. The summed E-state index contributed by atoms with van der Waals surface area (Å²) in [5.41, 5.74) is -0.568. The molecule has 1 aliphatic rings. The van der Waals surface area contributed by atoms with Crippen LogP contribution in [-0.4, -0.2) is 71.8 Å². The van der Waals surface area contributed by atoms with Gasteiger partial charge in [0, 0.05) is 1.37 Å². The van der Waals surface area contributed by atoms with E-state index in [1.165, 1.54) is 31.0 Å². The zero-order valence-corrected chi connectivity index (χ0v) is 26.1. The molecule has 1 N–H and O–H groups in total. The molecule has 6 atom stereocenters. The summed E-state index contributed by atoms with van der Waals surface area (Å²) in [5, 5.41) is 10.3. The Kier molecular flexibility index (Phi) is 15.3. The topological polar surface area (TPSA) is 110 Å². The van der Waals surface area contributed by atoms with E-state index in [-0.39, 0.29) is 20.3 Å². The van der Waals surface area contributed by atoms with Crippen LogP contribution in [-0.2, 0) is 39.8 Å². The molecule has 41 heavy (non-hydrogen) atoms. The average molecular weight is 600 g/mol. The summed E-state index contributed by atoms with van der Waals surface area (Å²) in [7, 11) is 0. The van der Waals surface area contributed by atoms with Crippen molar-refractivity contribution in [2.75, 3.05) is 19.2 Å². The smallest absolute Gasteiger partial charge is 0.456 e. The van der Waals surface area contributed by atoms with E-state index in [4.69, 9.17) is 29.8 Å². The van der Waals surface area contributed by atoms with Crippen LogP contribution >= 0.6 is 11.8 Å². The van der Waals surface area contributed by atoms with Crippen molar-refractivity contribution in [1.29, 1.82) is 0 Å². The average Bonchev–Trinajstić information content (AvgIpc) is 2.95. The zero-order valence-electron chi connectivity index (χ0n) is 26.3. The van der Waals surface area contributed by atoms with Gasteiger partial charge in [0.25, 0.3) is 0 Å². The predicted octanol–water partition coefficient (Wildman–Crippen LogP) is 6.24. The van der Waals surface area contributed by atoms with E-state index in [0.29, 0.717) is 0 Å². The van der Waals surface area contributed by atoms with Gasteiger partial charge in [-0.3, -0.25) is 4.79 Å². The Morgan fingerprint density at radius 3 is 2.41 bits per heavy atom. The van der Waals surface area contributed by atoms with E-state index in [1.54, 1.807) is 27.7 Å². The monoisotopic (exact) mass is 599 g/mol. The molecule has 1 aliphatic heterocycles. The molecule has 2 rings (SSSR count). The first-order valence-corrected chi connectivity index (χ1v) is 15.6. The van der Waals surface area contributed by atoms with Crippen molar-refractivity contribution in [3.05, 3.63) is 35.9 Å². The Morgan fingerprint density at radius 2 is 1.76 bits per heavy atom. The number of hydrogen-bond donors (Lipinski definition) is 1. The maximum atomic E-state index is 12.9. The third-order valence-corrected chi connectivity index (χ3v) is 7.52. The van der Waals surface area contributed by atoms with Gasteiger partial charge in [0.15, 0.2) is 12.2 Å². The van der Waals surface area contributed by atoms with Gasteiger partial charge in [0.1, 0.15) is 30.0 Å². The number of benzene rings is 1. The number of carbonyl (C=O) groups is 2. The molecular weight excluding hydrogens is 548 g/mol. The first-order valence-electron chi connectivity index (χ1n) is 15.3. The summed E-state index contributed by atoms with van der Waals surface area (Å²) in [6.45, 7) is 8.43. The standard InChI is InChI=1S/C31H50O9S/c1-7-8-9-10-11-15-18-41-29-27(39-30(34)40-31(4,5)6)26(36-21-35-20-23-16-13-12-14-17-23)25(24(19-32)37-29)38-28(33)22(2)3/h12-14,16-17,22,24-27,29,32H,7-11,15,18-21H2,1-6H3/t24-,25-,26+,27-,29?/m1/s1/i2D/t22?,24-,25-,26+,27-,29?. The van der Waals surface area contributed by atoms with E-state index in [0.717, 1.165) is 30.6 Å². The Bertz CT molecular complexity index is 898. The second kappa shape index (κ2) is 18.6. The van der Waals surface area contributed by atoms with Crippen molar-refractivity contribution >= 4 is 23.9 Å². The molecule has 1 saturated heterocycles. The molecule has 0 aliphatic carbocycles. The summed E-state index contributed by atoms with van der Waals surface area (Å²) >= 11 is 1.46. The molecule has 1 heterocycles. The van der Waals surface area contributed by atoms with Crippen molar-refractivity contribution in [3.63, 3.8) is 0 Å². The first-order chi connectivity index (χ1) is 20.1. The van der Waals surface area contributed by atoms with Crippen LogP contribution in [0, 0.1) is 5.92 Å². The zero-order chi connectivity index (χ0) is 31.0. The van der Waals surface area contributed by atoms with Gasteiger partial charge < -0.3 is 33.5 Å². The van der Waals surface area contributed by atoms with Gasteiger partial charge in [-0.1, -0.05) is 83.2 Å². The molecule has 2 unspecified atom stereocenters. The molecule has 10 heteroatoms. The van der Waals surface area contributed by atoms with Gasteiger partial charge in [-0.05, 0) is 38.5 Å². The molecule has 1 aromatic carbocycles. The number of hydrogen-bond acceptors (Lipinski definition) is 10. The molecule has 0 saturated carbocycles. The number of esters is 1. The fourth-order valence-corrected chi connectivity index (χ4v) is 5.42. The number of aliphatic hydroxyl groups excluding tert-OH is 1. The fourth-order valence-electron chi connectivity index (χ4n) is 4.19. The van der Waals surface area contributed by atoms with Crippen LogP contribution in [0.1, 0.15) is 87.0 Å². The van der Waals surface area contributed by atoms with E-state index in [1.807, 2.05) is 30.3 Å². The Morgan fingerprint density at radius 1 is 1.05 bits per heavy atom. The molecule has 234 valence electrons. The third-order valence-electron chi connectivity index (χ3n) is 6.28. The molecule has 1 fully saturated rings. The van der Waals surface area contributed by atoms with Crippen molar-refractivity contribution in [2.24, 2.45) is 5.92 Å². The summed E-state index contributed by atoms with van der Waals surface area (Å²) in [5.74, 6) is -0.602. The minimum atomic E-state index is -1.12. The highest BCUT2D eigenvalue weighted by atomic mass is 32.2. The van der Waals surface area contributed by atoms with Crippen molar-refractivity contribution < 1.29 is 44.5 Å². The van der Waals surface area contributed by atoms with Crippen molar-refractivity contribution in [3.8, 4) is 0 Å². The number of aliphatic hydroxyl groups is 1. The van der Waals surface area contributed by atoms with E-state index in [9.17, 15) is 14.7 Å². The first kappa shape index (κ1) is 33.6. The lowest BCUT2D eigenvalue weighted by Crippen LogP contribution is -2.61. The molecule has 0 spiro atoms. The quantitative estimate of drug-likeness (QED) is 0.125. The largest absolute Gasteiger partial charge is 0.509 e. The van der Waals surface area contributed by atoms with Gasteiger partial charge in [0.05, 0.1) is 19.1 Å². The maximum absolute atomic E-state index is 12.9. The Balaban J connectivity index is 2.26.